The second-order valence-electron chi connectivity index (χ2n) is 4.70. The molecule has 1 aromatic heterocycles. The molecule has 0 aliphatic rings. The SMILES string of the molecule is CCN(CC(C)(C)O)C(=O)c1nc(N)ccc1Cl. The van der Waals surface area contributed by atoms with E-state index in [0.717, 1.165) is 0 Å². The van der Waals surface area contributed by atoms with Crippen LogP contribution in [0, 0.1) is 0 Å². The molecule has 0 atom stereocenters. The van der Waals surface area contributed by atoms with Crippen LogP contribution in [0.1, 0.15) is 31.3 Å². The normalized spacial score (nSPS) is 11.4. The first-order chi connectivity index (χ1) is 8.24. The van der Waals surface area contributed by atoms with E-state index in [1.165, 1.54) is 17.0 Å². The molecule has 0 spiro atoms. The van der Waals surface area contributed by atoms with Crippen molar-refractivity contribution >= 4 is 23.3 Å². The van der Waals surface area contributed by atoms with E-state index in [4.69, 9.17) is 17.3 Å². The number of nitrogens with zero attached hydrogens (tertiary/aromatic N) is 2. The third-order valence-corrected chi connectivity index (χ3v) is 2.62. The highest BCUT2D eigenvalue weighted by molar-refractivity contribution is 6.33. The first kappa shape index (κ1) is 14.7. The number of aromatic nitrogens is 1. The minimum Gasteiger partial charge on any atom is -0.389 e. The van der Waals surface area contributed by atoms with Crippen LogP contribution in [0.15, 0.2) is 12.1 Å². The molecule has 1 aromatic rings. The van der Waals surface area contributed by atoms with Crippen LogP contribution < -0.4 is 5.73 Å². The molecule has 100 valence electrons. The number of pyridine rings is 1. The fraction of sp³-hybridized carbons (Fsp3) is 0.500. The summed E-state index contributed by atoms with van der Waals surface area (Å²) in [6.07, 6.45) is 0. The van der Waals surface area contributed by atoms with Crippen molar-refractivity contribution in [3.05, 3.63) is 22.8 Å². The van der Waals surface area contributed by atoms with Crippen LogP contribution in [0.3, 0.4) is 0 Å². The lowest BCUT2D eigenvalue weighted by atomic mass is 10.1. The number of rotatable bonds is 4. The summed E-state index contributed by atoms with van der Waals surface area (Å²) >= 11 is 5.94. The summed E-state index contributed by atoms with van der Waals surface area (Å²) < 4.78 is 0. The van der Waals surface area contributed by atoms with Crippen molar-refractivity contribution in [2.45, 2.75) is 26.4 Å². The number of hydrogen-bond donors (Lipinski definition) is 2. The quantitative estimate of drug-likeness (QED) is 0.871. The molecule has 18 heavy (non-hydrogen) atoms. The Balaban J connectivity index is 3.00. The number of nitrogens with two attached hydrogens (primary N) is 1. The van der Waals surface area contributed by atoms with Gasteiger partial charge in [0.25, 0.3) is 5.91 Å². The van der Waals surface area contributed by atoms with Crippen LogP contribution in [-0.4, -0.2) is 39.6 Å². The van der Waals surface area contributed by atoms with Gasteiger partial charge in [0.1, 0.15) is 11.5 Å². The molecule has 6 heteroatoms. The van der Waals surface area contributed by atoms with Crippen molar-refractivity contribution in [1.82, 2.24) is 9.88 Å². The van der Waals surface area contributed by atoms with Gasteiger partial charge in [-0.2, -0.15) is 0 Å². The summed E-state index contributed by atoms with van der Waals surface area (Å²) in [5, 5.41) is 10.0. The van der Waals surface area contributed by atoms with Gasteiger partial charge in [-0.05, 0) is 32.9 Å². The van der Waals surface area contributed by atoms with E-state index in [1.54, 1.807) is 13.8 Å². The fourth-order valence-corrected chi connectivity index (χ4v) is 1.74. The predicted octanol–water partition coefficient (Wildman–Crippen LogP) is 1.55. The van der Waals surface area contributed by atoms with E-state index in [9.17, 15) is 9.90 Å². The first-order valence-corrected chi connectivity index (χ1v) is 6.06. The Bertz CT molecular complexity index is 443. The number of likely N-dealkylation sites (N-methyl/N-ethyl adjacent to an activating group) is 1. The first-order valence-electron chi connectivity index (χ1n) is 5.68. The van der Waals surface area contributed by atoms with E-state index in [0.29, 0.717) is 6.54 Å². The molecule has 0 aliphatic carbocycles. The van der Waals surface area contributed by atoms with Crippen LogP contribution in [-0.2, 0) is 0 Å². The lowest BCUT2D eigenvalue weighted by Gasteiger charge is -2.28. The van der Waals surface area contributed by atoms with Crippen molar-refractivity contribution in [1.29, 1.82) is 0 Å². The van der Waals surface area contributed by atoms with Crippen LogP contribution in [0.25, 0.3) is 0 Å². The van der Waals surface area contributed by atoms with Gasteiger partial charge in [0, 0.05) is 13.1 Å². The maximum absolute atomic E-state index is 12.2. The number of anilines is 1. The summed E-state index contributed by atoms with van der Waals surface area (Å²) in [6, 6.07) is 3.07. The molecule has 0 fully saturated rings. The van der Waals surface area contributed by atoms with Crippen molar-refractivity contribution in [3.8, 4) is 0 Å². The summed E-state index contributed by atoms with van der Waals surface area (Å²) in [6.45, 7) is 5.75. The number of carbonyl (C=O) groups is 1. The average molecular weight is 272 g/mol. The van der Waals surface area contributed by atoms with Crippen LogP contribution in [0.5, 0.6) is 0 Å². The van der Waals surface area contributed by atoms with Crippen molar-refractivity contribution in [2.24, 2.45) is 0 Å². The van der Waals surface area contributed by atoms with Gasteiger partial charge in [-0.15, -0.1) is 0 Å². The number of halogens is 1. The van der Waals surface area contributed by atoms with Crippen molar-refractivity contribution < 1.29 is 9.90 Å². The van der Waals surface area contributed by atoms with Crippen LogP contribution in [0.4, 0.5) is 5.82 Å². The molecule has 1 amide bonds. The Hall–Kier alpha value is -1.33. The summed E-state index contributed by atoms with van der Waals surface area (Å²) in [4.78, 5) is 17.7. The van der Waals surface area contributed by atoms with Gasteiger partial charge in [-0.1, -0.05) is 11.6 Å². The topological polar surface area (TPSA) is 79.5 Å². The Morgan fingerprint density at radius 1 is 1.56 bits per heavy atom. The highest BCUT2D eigenvalue weighted by Crippen LogP contribution is 2.18. The van der Waals surface area contributed by atoms with Gasteiger partial charge < -0.3 is 15.7 Å². The minimum absolute atomic E-state index is 0.114. The van der Waals surface area contributed by atoms with Gasteiger partial charge in [0.05, 0.1) is 10.6 Å². The monoisotopic (exact) mass is 271 g/mol. The molecule has 5 nitrogen and oxygen atoms in total. The number of carbonyl (C=O) groups excluding carboxylic acids is 1. The van der Waals surface area contributed by atoms with Gasteiger partial charge in [0.2, 0.25) is 0 Å². The van der Waals surface area contributed by atoms with E-state index in [1.807, 2.05) is 6.92 Å². The molecule has 1 rings (SSSR count). The van der Waals surface area contributed by atoms with E-state index >= 15 is 0 Å². The standard InChI is InChI=1S/C12H18ClN3O2/c1-4-16(7-12(2,3)18)11(17)10-8(13)5-6-9(14)15-10/h5-6,18H,4,7H2,1-3H3,(H2,14,15). The molecule has 1 heterocycles. The Labute approximate surface area is 112 Å². The Kier molecular flexibility index (Phi) is 4.53. The number of amides is 1. The van der Waals surface area contributed by atoms with Gasteiger partial charge in [-0.25, -0.2) is 4.98 Å². The Morgan fingerprint density at radius 3 is 2.67 bits per heavy atom. The highest BCUT2D eigenvalue weighted by Gasteiger charge is 2.24. The molecule has 0 saturated carbocycles. The average Bonchev–Trinajstić information content (AvgIpc) is 2.27. The van der Waals surface area contributed by atoms with Crippen LogP contribution in [0.2, 0.25) is 5.02 Å². The highest BCUT2D eigenvalue weighted by atomic mass is 35.5. The van der Waals surface area contributed by atoms with Gasteiger partial charge >= 0.3 is 0 Å². The Morgan fingerprint density at radius 2 is 2.17 bits per heavy atom. The van der Waals surface area contributed by atoms with Crippen molar-refractivity contribution in [3.63, 3.8) is 0 Å². The molecule has 0 saturated heterocycles. The number of hydrogen-bond acceptors (Lipinski definition) is 4. The molecule has 0 unspecified atom stereocenters. The largest absolute Gasteiger partial charge is 0.389 e. The molecular weight excluding hydrogens is 254 g/mol. The molecule has 0 bridgehead atoms. The van der Waals surface area contributed by atoms with E-state index < -0.39 is 5.60 Å². The summed E-state index contributed by atoms with van der Waals surface area (Å²) in [7, 11) is 0. The smallest absolute Gasteiger partial charge is 0.274 e. The fourth-order valence-electron chi connectivity index (χ4n) is 1.55. The van der Waals surface area contributed by atoms with Gasteiger partial charge in [0.15, 0.2) is 0 Å². The van der Waals surface area contributed by atoms with Gasteiger partial charge in [-0.3, -0.25) is 4.79 Å². The third-order valence-electron chi connectivity index (χ3n) is 2.32. The number of nitrogen functional groups attached to an aromatic ring is 1. The number of aliphatic hydroxyl groups is 1. The second-order valence-corrected chi connectivity index (χ2v) is 5.11. The summed E-state index contributed by atoms with van der Waals surface area (Å²) in [5.41, 5.74) is 4.68. The minimum atomic E-state index is -0.974. The predicted molar refractivity (Wildman–Crippen MR) is 71.5 cm³/mol. The zero-order chi connectivity index (χ0) is 13.9. The lowest BCUT2D eigenvalue weighted by molar-refractivity contribution is 0.0312. The summed E-state index contributed by atoms with van der Waals surface area (Å²) in [5.74, 6) is -0.0982. The zero-order valence-corrected chi connectivity index (χ0v) is 11.5. The van der Waals surface area contributed by atoms with Crippen LogP contribution >= 0.6 is 11.6 Å². The lowest BCUT2D eigenvalue weighted by Crippen LogP contribution is -2.42. The second kappa shape index (κ2) is 5.54. The molecular formula is C12H18ClN3O2. The maximum atomic E-state index is 12.2. The molecule has 0 aliphatic heterocycles. The maximum Gasteiger partial charge on any atom is 0.274 e. The van der Waals surface area contributed by atoms with E-state index in [-0.39, 0.29) is 29.0 Å². The van der Waals surface area contributed by atoms with E-state index in [2.05, 4.69) is 4.98 Å². The molecule has 0 radical (unpaired) electrons. The third kappa shape index (κ3) is 3.85. The van der Waals surface area contributed by atoms with Crippen molar-refractivity contribution in [2.75, 3.05) is 18.8 Å². The molecule has 3 N–H and O–H groups in total. The molecule has 0 aromatic carbocycles. The zero-order valence-electron chi connectivity index (χ0n) is 10.8.